The topological polar surface area (TPSA) is 90.6 Å². The molecule has 146 valence electrons. The van der Waals surface area contributed by atoms with Gasteiger partial charge in [0.25, 0.3) is 5.91 Å². The van der Waals surface area contributed by atoms with Crippen LogP contribution in [0.3, 0.4) is 0 Å². The fraction of sp³-hybridized carbons (Fsp3) is 0.200. The standard InChI is InChI=1S/C20H17N5O3S/c1-27-19-16-17(13(10-22-19)12-5-8-28-9-6-12)29-20(23-16)24-18(26)14-11-21-15-4-2-3-7-25(14)15/h2-5,7,10-11H,6,8-9H2,1H3,(H,23,24,26). The molecule has 1 N–H and O–H groups in total. The molecule has 9 heteroatoms. The molecule has 0 spiro atoms. The lowest BCUT2D eigenvalue weighted by atomic mass is 10.0. The van der Waals surface area contributed by atoms with Crippen molar-refractivity contribution in [1.82, 2.24) is 19.4 Å². The Kier molecular flexibility index (Phi) is 4.45. The lowest BCUT2D eigenvalue weighted by Crippen LogP contribution is -2.13. The maximum Gasteiger partial charge on any atom is 0.276 e. The molecule has 0 fully saturated rings. The van der Waals surface area contributed by atoms with Gasteiger partial charge in [-0.15, -0.1) is 0 Å². The molecule has 5 rings (SSSR count). The Morgan fingerprint density at radius 1 is 1.31 bits per heavy atom. The zero-order valence-corrected chi connectivity index (χ0v) is 16.4. The van der Waals surface area contributed by atoms with E-state index in [9.17, 15) is 4.79 Å². The van der Waals surface area contributed by atoms with Crippen molar-refractivity contribution in [2.24, 2.45) is 0 Å². The Labute approximate surface area is 169 Å². The SMILES string of the molecule is COc1ncc(C2=CCOCC2)c2sc(NC(=O)c3cnc4ccccn34)nc12. The summed E-state index contributed by atoms with van der Waals surface area (Å²) >= 11 is 1.40. The summed E-state index contributed by atoms with van der Waals surface area (Å²) in [7, 11) is 1.56. The number of hydrogen-bond acceptors (Lipinski definition) is 7. The number of aromatic nitrogens is 4. The lowest BCUT2D eigenvalue weighted by Gasteiger charge is -2.14. The van der Waals surface area contributed by atoms with Crippen LogP contribution in [0.5, 0.6) is 5.88 Å². The largest absolute Gasteiger partial charge is 0.479 e. The third-order valence-electron chi connectivity index (χ3n) is 4.76. The van der Waals surface area contributed by atoms with Crippen LogP contribution in [0.4, 0.5) is 5.13 Å². The van der Waals surface area contributed by atoms with E-state index in [-0.39, 0.29) is 5.91 Å². The summed E-state index contributed by atoms with van der Waals surface area (Å²) in [4.78, 5) is 26.1. The summed E-state index contributed by atoms with van der Waals surface area (Å²) in [5.41, 5.74) is 3.95. The molecule has 5 heterocycles. The predicted molar refractivity (Wildman–Crippen MR) is 111 cm³/mol. The van der Waals surface area contributed by atoms with Crippen molar-refractivity contribution in [3.8, 4) is 5.88 Å². The summed E-state index contributed by atoms with van der Waals surface area (Å²) in [6.45, 7) is 1.26. The highest BCUT2D eigenvalue weighted by Crippen LogP contribution is 2.37. The van der Waals surface area contributed by atoms with Crippen LogP contribution in [0.25, 0.3) is 21.4 Å². The number of carbonyl (C=O) groups excluding carboxylic acids is 1. The van der Waals surface area contributed by atoms with Gasteiger partial charge in [-0.2, -0.15) is 0 Å². The van der Waals surface area contributed by atoms with Crippen LogP contribution in [0.1, 0.15) is 22.5 Å². The average molecular weight is 407 g/mol. The normalized spacial score (nSPS) is 14.2. The van der Waals surface area contributed by atoms with E-state index in [0.29, 0.717) is 41.1 Å². The first kappa shape index (κ1) is 17.8. The number of rotatable bonds is 4. The molecule has 0 atom stereocenters. The first-order chi connectivity index (χ1) is 14.2. The highest BCUT2D eigenvalue weighted by Gasteiger charge is 2.20. The highest BCUT2D eigenvalue weighted by molar-refractivity contribution is 7.22. The molecule has 1 amide bonds. The number of imidazole rings is 1. The number of carbonyl (C=O) groups is 1. The first-order valence-corrected chi connectivity index (χ1v) is 9.90. The fourth-order valence-corrected chi connectivity index (χ4v) is 4.35. The van der Waals surface area contributed by atoms with E-state index >= 15 is 0 Å². The molecule has 0 saturated heterocycles. The molecule has 0 aromatic carbocycles. The van der Waals surface area contributed by atoms with Crippen molar-refractivity contribution in [2.45, 2.75) is 6.42 Å². The Morgan fingerprint density at radius 3 is 3.07 bits per heavy atom. The second kappa shape index (κ2) is 7.26. The molecule has 0 radical (unpaired) electrons. The predicted octanol–water partition coefficient (Wildman–Crippen LogP) is 3.40. The minimum absolute atomic E-state index is 0.276. The van der Waals surface area contributed by atoms with Gasteiger partial charge in [0.15, 0.2) is 5.13 Å². The maximum atomic E-state index is 12.8. The highest BCUT2D eigenvalue weighted by atomic mass is 32.1. The van der Waals surface area contributed by atoms with E-state index in [1.165, 1.54) is 16.9 Å². The monoisotopic (exact) mass is 407 g/mol. The quantitative estimate of drug-likeness (QED) is 0.558. The van der Waals surface area contributed by atoms with Crippen molar-refractivity contribution >= 4 is 43.8 Å². The fourth-order valence-electron chi connectivity index (χ4n) is 3.36. The second-order valence-corrected chi connectivity index (χ2v) is 7.46. The van der Waals surface area contributed by atoms with Gasteiger partial charge in [-0.1, -0.05) is 23.5 Å². The molecule has 1 aliphatic rings. The number of anilines is 1. The molecule has 29 heavy (non-hydrogen) atoms. The number of nitrogens with one attached hydrogen (secondary N) is 1. The summed E-state index contributed by atoms with van der Waals surface area (Å²) in [5, 5.41) is 3.37. The van der Waals surface area contributed by atoms with Crippen LogP contribution in [0.2, 0.25) is 0 Å². The number of amides is 1. The lowest BCUT2D eigenvalue weighted by molar-refractivity contribution is 0.102. The minimum Gasteiger partial charge on any atom is -0.479 e. The summed E-state index contributed by atoms with van der Waals surface area (Å²) in [6.07, 6.45) is 8.02. The molecule has 1 aliphatic heterocycles. The van der Waals surface area contributed by atoms with E-state index in [1.54, 1.807) is 30.1 Å². The molecule has 8 nitrogen and oxygen atoms in total. The average Bonchev–Trinajstić information content (AvgIpc) is 3.38. The zero-order valence-electron chi connectivity index (χ0n) is 15.6. The number of methoxy groups -OCH3 is 1. The number of ether oxygens (including phenoxy) is 2. The van der Waals surface area contributed by atoms with Crippen LogP contribution in [0, 0.1) is 0 Å². The third-order valence-corrected chi connectivity index (χ3v) is 5.76. The van der Waals surface area contributed by atoms with Crippen LogP contribution in [0.15, 0.2) is 42.9 Å². The van der Waals surface area contributed by atoms with Gasteiger partial charge < -0.3 is 9.47 Å². The molecular weight excluding hydrogens is 390 g/mol. The van der Waals surface area contributed by atoms with E-state index in [4.69, 9.17) is 9.47 Å². The van der Waals surface area contributed by atoms with Crippen LogP contribution in [-0.4, -0.2) is 45.6 Å². The second-order valence-electron chi connectivity index (χ2n) is 6.46. The van der Waals surface area contributed by atoms with E-state index in [0.717, 1.165) is 16.7 Å². The molecule has 4 aromatic rings. The van der Waals surface area contributed by atoms with Gasteiger partial charge in [0.05, 0.1) is 31.2 Å². The Morgan fingerprint density at radius 2 is 2.24 bits per heavy atom. The number of thiazole rings is 1. The van der Waals surface area contributed by atoms with E-state index < -0.39 is 0 Å². The molecule has 0 bridgehead atoms. The smallest absolute Gasteiger partial charge is 0.276 e. The van der Waals surface area contributed by atoms with Gasteiger partial charge in [-0.05, 0) is 24.1 Å². The molecule has 0 saturated carbocycles. The number of pyridine rings is 2. The Hall–Kier alpha value is -3.30. The summed E-state index contributed by atoms with van der Waals surface area (Å²) in [5.74, 6) is 0.157. The van der Waals surface area contributed by atoms with Gasteiger partial charge in [-0.3, -0.25) is 14.5 Å². The van der Waals surface area contributed by atoms with Crippen LogP contribution < -0.4 is 10.1 Å². The van der Waals surface area contributed by atoms with Crippen LogP contribution >= 0.6 is 11.3 Å². The molecule has 0 unspecified atom stereocenters. The molecular formula is C20H17N5O3S. The Balaban J connectivity index is 1.53. The number of nitrogens with zero attached hydrogens (tertiary/aromatic N) is 4. The van der Waals surface area contributed by atoms with Crippen molar-refractivity contribution < 1.29 is 14.3 Å². The Bertz CT molecular complexity index is 1260. The summed E-state index contributed by atoms with van der Waals surface area (Å²) in [6, 6.07) is 5.58. The first-order valence-electron chi connectivity index (χ1n) is 9.08. The third kappa shape index (κ3) is 3.14. The molecule has 4 aromatic heterocycles. The number of hydrogen-bond donors (Lipinski definition) is 1. The van der Waals surface area contributed by atoms with Crippen molar-refractivity contribution in [1.29, 1.82) is 0 Å². The maximum absolute atomic E-state index is 12.8. The van der Waals surface area contributed by atoms with Gasteiger partial charge in [0.2, 0.25) is 5.88 Å². The minimum atomic E-state index is -0.276. The van der Waals surface area contributed by atoms with Gasteiger partial charge in [-0.25, -0.2) is 15.0 Å². The van der Waals surface area contributed by atoms with Gasteiger partial charge >= 0.3 is 0 Å². The summed E-state index contributed by atoms with van der Waals surface area (Å²) < 4.78 is 13.5. The van der Waals surface area contributed by atoms with Crippen molar-refractivity contribution in [3.63, 3.8) is 0 Å². The zero-order chi connectivity index (χ0) is 19.8. The number of fused-ring (bicyclic) bond motifs is 2. The van der Waals surface area contributed by atoms with E-state index in [1.807, 2.05) is 18.2 Å². The van der Waals surface area contributed by atoms with E-state index in [2.05, 4.69) is 26.3 Å². The van der Waals surface area contributed by atoms with Crippen LogP contribution in [-0.2, 0) is 4.74 Å². The van der Waals surface area contributed by atoms with Crippen molar-refractivity contribution in [3.05, 3.63) is 54.1 Å². The van der Waals surface area contributed by atoms with Gasteiger partial charge in [0.1, 0.15) is 16.9 Å². The van der Waals surface area contributed by atoms with Crippen molar-refractivity contribution in [2.75, 3.05) is 25.6 Å². The molecule has 0 aliphatic carbocycles. The van der Waals surface area contributed by atoms with Gasteiger partial charge in [0, 0.05) is 18.0 Å².